The first kappa shape index (κ1) is 19.3. The summed E-state index contributed by atoms with van der Waals surface area (Å²) in [6.45, 7) is 3.63. The molecule has 6 heteroatoms. The summed E-state index contributed by atoms with van der Waals surface area (Å²) in [5, 5.41) is 5.59. The zero-order valence-electron chi connectivity index (χ0n) is 15.2. The van der Waals surface area contributed by atoms with Crippen molar-refractivity contribution in [3.05, 3.63) is 48.5 Å². The van der Waals surface area contributed by atoms with Gasteiger partial charge in [0.1, 0.15) is 11.5 Å². The molecule has 1 unspecified atom stereocenters. The van der Waals surface area contributed by atoms with Crippen LogP contribution in [0.4, 0.5) is 11.4 Å². The lowest BCUT2D eigenvalue weighted by Crippen LogP contribution is -2.30. The summed E-state index contributed by atoms with van der Waals surface area (Å²) >= 11 is 0. The van der Waals surface area contributed by atoms with Crippen LogP contribution in [0.15, 0.2) is 48.5 Å². The molecule has 138 valence electrons. The van der Waals surface area contributed by atoms with E-state index in [0.29, 0.717) is 23.5 Å². The lowest BCUT2D eigenvalue weighted by atomic mass is 10.2. The second-order valence-electron chi connectivity index (χ2n) is 5.80. The number of hydrogen-bond acceptors (Lipinski definition) is 4. The van der Waals surface area contributed by atoms with Gasteiger partial charge in [-0.05, 0) is 61.9 Å². The highest BCUT2D eigenvalue weighted by atomic mass is 16.5. The van der Waals surface area contributed by atoms with Crippen LogP contribution in [0.2, 0.25) is 0 Å². The van der Waals surface area contributed by atoms with E-state index in [0.717, 1.165) is 12.2 Å². The predicted octanol–water partition coefficient (Wildman–Crippen LogP) is 3.84. The van der Waals surface area contributed by atoms with Crippen molar-refractivity contribution >= 4 is 23.2 Å². The van der Waals surface area contributed by atoms with E-state index in [4.69, 9.17) is 9.47 Å². The van der Waals surface area contributed by atoms with E-state index in [-0.39, 0.29) is 11.8 Å². The molecule has 2 aromatic rings. The SMILES string of the molecule is CCCC(=O)Nc1ccc(NC(=O)C(C)Oc2ccc(OC)cc2)cc1. The Labute approximate surface area is 153 Å². The van der Waals surface area contributed by atoms with E-state index in [1.165, 1.54) is 0 Å². The number of benzene rings is 2. The number of carbonyl (C=O) groups is 2. The van der Waals surface area contributed by atoms with Crippen molar-refractivity contribution in [3.63, 3.8) is 0 Å². The molecule has 0 saturated heterocycles. The van der Waals surface area contributed by atoms with Gasteiger partial charge < -0.3 is 20.1 Å². The van der Waals surface area contributed by atoms with Crippen LogP contribution in [-0.4, -0.2) is 25.0 Å². The first-order valence-corrected chi connectivity index (χ1v) is 8.53. The van der Waals surface area contributed by atoms with E-state index in [2.05, 4.69) is 10.6 Å². The van der Waals surface area contributed by atoms with Crippen molar-refractivity contribution in [1.82, 2.24) is 0 Å². The quantitative estimate of drug-likeness (QED) is 0.753. The highest BCUT2D eigenvalue weighted by Crippen LogP contribution is 2.19. The number of nitrogens with one attached hydrogen (secondary N) is 2. The van der Waals surface area contributed by atoms with Gasteiger partial charge in [-0.25, -0.2) is 0 Å². The number of rotatable bonds is 8. The summed E-state index contributed by atoms with van der Waals surface area (Å²) in [7, 11) is 1.59. The Morgan fingerprint density at radius 3 is 2.00 bits per heavy atom. The Kier molecular flexibility index (Phi) is 7.02. The Morgan fingerprint density at radius 2 is 1.46 bits per heavy atom. The highest BCUT2D eigenvalue weighted by Gasteiger charge is 2.15. The lowest BCUT2D eigenvalue weighted by molar-refractivity contribution is -0.122. The molecule has 2 rings (SSSR count). The van der Waals surface area contributed by atoms with Crippen molar-refractivity contribution in [2.75, 3.05) is 17.7 Å². The first-order valence-electron chi connectivity index (χ1n) is 8.53. The molecule has 0 spiro atoms. The van der Waals surface area contributed by atoms with Gasteiger partial charge in [0, 0.05) is 17.8 Å². The summed E-state index contributed by atoms with van der Waals surface area (Å²) < 4.78 is 10.7. The van der Waals surface area contributed by atoms with Gasteiger partial charge in [-0.15, -0.1) is 0 Å². The van der Waals surface area contributed by atoms with Crippen LogP contribution in [0.25, 0.3) is 0 Å². The summed E-state index contributed by atoms with van der Waals surface area (Å²) in [6, 6.07) is 14.0. The summed E-state index contributed by atoms with van der Waals surface area (Å²) in [6.07, 6.45) is 0.623. The topological polar surface area (TPSA) is 76.7 Å². The molecule has 2 N–H and O–H groups in total. The third-order valence-corrected chi connectivity index (χ3v) is 3.65. The Hall–Kier alpha value is -3.02. The largest absolute Gasteiger partial charge is 0.497 e. The zero-order valence-corrected chi connectivity index (χ0v) is 15.2. The van der Waals surface area contributed by atoms with Gasteiger partial charge in [0.15, 0.2) is 6.10 Å². The molecule has 6 nitrogen and oxygen atoms in total. The Bertz CT molecular complexity index is 726. The van der Waals surface area contributed by atoms with Crippen molar-refractivity contribution in [1.29, 1.82) is 0 Å². The Balaban J connectivity index is 1.88. The average Bonchev–Trinajstić information content (AvgIpc) is 2.64. The third-order valence-electron chi connectivity index (χ3n) is 3.65. The van der Waals surface area contributed by atoms with Crippen molar-refractivity contribution in [2.24, 2.45) is 0 Å². The molecule has 1 atom stereocenters. The molecule has 2 amide bonds. The highest BCUT2D eigenvalue weighted by molar-refractivity contribution is 5.95. The van der Waals surface area contributed by atoms with Crippen LogP contribution in [0.1, 0.15) is 26.7 Å². The minimum Gasteiger partial charge on any atom is -0.497 e. The number of ether oxygens (including phenoxy) is 2. The van der Waals surface area contributed by atoms with Gasteiger partial charge in [0.2, 0.25) is 5.91 Å². The lowest BCUT2D eigenvalue weighted by Gasteiger charge is -2.15. The van der Waals surface area contributed by atoms with Crippen LogP contribution < -0.4 is 20.1 Å². The number of methoxy groups -OCH3 is 1. The second kappa shape index (κ2) is 9.46. The van der Waals surface area contributed by atoms with Crippen LogP contribution in [0.5, 0.6) is 11.5 Å². The molecule has 0 aromatic heterocycles. The van der Waals surface area contributed by atoms with Crippen LogP contribution in [0, 0.1) is 0 Å². The minimum absolute atomic E-state index is 0.0224. The minimum atomic E-state index is -0.660. The van der Waals surface area contributed by atoms with Crippen molar-refractivity contribution in [3.8, 4) is 11.5 Å². The van der Waals surface area contributed by atoms with Gasteiger partial charge in [0.25, 0.3) is 5.91 Å². The van der Waals surface area contributed by atoms with Crippen LogP contribution in [0.3, 0.4) is 0 Å². The van der Waals surface area contributed by atoms with E-state index >= 15 is 0 Å². The molecular weight excluding hydrogens is 332 g/mol. The predicted molar refractivity (Wildman–Crippen MR) is 102 cm³/mol. The fourth-order valence-electron chi connectivity index (χ4n) is 2.24. The number of amides is 2. The smallest absolute Gasteiger partial charge is 0.265 e. The molecule has 26 heavy (non-hydrogen) atoms. The molecule has 0 aliphatic rings. The first-order chi connectivity index (χ1) is 12.5. The van der Waals surface area contributed by atoms with Crippen LogP contribution in [-0.2, 0) is 9.59 Å². The Morgan fingerprint density at radius 1 is 0.923 bits per heavy atom. The van der Waals surface area contributed by atoms with E-state index in [1.807, 2.05) is 6.92 Å². The summed E-state index contributed by atoms with van der Waals surface area (Å²) in [5.74, 6) is 1.03. The fourth-order valence-corrected chi connectivity index (χ4v) is 2.24. The van der Waals surface area contributed by atoms with Gasteiger partial charge in [-0.3, -0.25) is 9.59 Å². The molecule has 0 fully saturated rings. The third kappa shape index (κ3) is 5.81. The average molecular weight is 356 g/mol. The van der Waals surface area contributed by atoms with E-state index in [1.54, 1.807) is 62.6 Å². The van der Waals surface area contributed by atoms with Gasteiger partial charge in [-0.2, -0.15) is 0 Å². The van der Waals surface area contributed by atoms with Gasteiger partial charge in [-0.1, -0.05) is 6.92 Å². The van der Waals surface area contributed by atoms with E-state index < -0.39 is 6.10 Å². The van der Waals surface area contributed by atoms with Crippen molar-refractivity contribution < 1.29 is 19.1 Å². The normalized spacial score (nSPS) is 11.3. The van der Waals surface area contributed by atoms with E-state index in [9.17, 15) is 9.59 Å². The maximum atomic E-state index is 12.3. The standard InChI is InChI=1S/C20H24N2O4/c1-4-5-19(23)21-15-6-8-16(9-7-15)22-20(24)14(2)26-18-12-10-17(25-3)11-13-18/h6-14H,4-5H2,1-3H3,(H,21,23)(H,22,24). The maximum Gasteiger partial charge on any atom is 0.265 e. The number of hydrogen-bond donors (Lipinski definition) is 2. The monoisotopic (exact) mass is 356 g/mol. The van der Waals surface area contributed by atoms with Crippen molar-refractivity contribution in [2.45, 2.75) is 32.8 Å². The van der Waals surface area contributed by atoms with Crippen LogP contribution >= 0.6 is 0 Å². The summed E-state index contributed by atoms with van der Waals surface area (Å²) in [4.78, 5) is 23.8. The molecule has 0 saturated carbocycles. The fraction of sp³-hybridized carbons (Fsp3) is 0.300. The zero-order chi connectivity index (χ0) is 18.9. The number of anilines is 2. The maximum absolute atomic E-state index is 12.3. The summed E-state index contributed by atoms with van der Waals surface area (Å²) in [5.41, 5.74) is 1.33. The van der Waals surface area contributed by atoms with Gasteiger partial charge in [0.05, 0.1) is 7.11 Å². The molecule has 0 aliphatic heterocycles. The molecular formula is C20H24N2O4. The second-order valence-corrected chi connectivity index (χ2v) is 5.80. The molecule has 0 bridgehead atoms. The van der Waals surface area contributed by atoms with Gasteiger partial charge >= 0.3 is 0 Å². The molecule has 0 aliphatic carbocycles. The molecule has 0 radical (unpaired) electrons. The number of carbonyl (C=O) groups excluding carboxylic acids is 2. The molecule has 0 heterocycles. The molecule has 2 aromatic carbocycles.